The number of pyridine rings is 1. The second-order valence-electron chi connectivity index (χ2n) is 7.31. The van der Waals surface area contributed by atoms with E-state index >= 15 is 0 Å². The summed E-state index contributed by atoms with van der Waals surface area (Å²) < 4.78 is 1.93. The molecule has 0 fully saturated rings. The third-order valence-corrected chi connectivity index (χ3v) is 4.84. The highest BCUT2D eigenvalue weighted by molar-refractivity contribution is 5.79. The van der Waals surface area contributed by atoms with Crippen LogP contribution in [0.3, 0.4) is 0 Å². The molecule has 5 heteroatoms. The molecule has 0 unspecified atom stereocenters. The number of hydrogen-bond acceptors (Lipinski definition) is 4. The van der Waals surface area contributed by atoms with Gasteiger partial charge in [0.2, 0.25) is 0 Å². The van der Waals surface area contributed by atoms with Gasteiger partial charge in [-0.05, 0) is 56.2 Å². The van der Waals surface area contributed by atoms with Crippen LogP contribution in [-0.4, -0.2) is 25.1 Å². The number of hydrogen-bond donors (Lipinski definition) is 1. The molecule has 4 rings (SSSR count). The van der Waals surface area contributed by atoms with Crippen molar-refractivity contribution in [1.29, 1.82) is 0 Å². The molecule has 26 heavy (non-hydrogen) atoms. The first-order valence-corrected chi connectivity index (χ1v) is 8.99. The van der Waals surface area contributed by atoms with Gasteiger partial charge in [-0.15, -0.1) is 5.10 Å². The third kappa shape index (κ3) is 3.25. The Hall–Kier alpha value is -2.95. The van der Waals surface area contributed by atoms with Crippen LogP contribution in [0.15, 0.2) is 54.9 Å². The van der Waals surface area contributed by atoms with Crippen LogP contribution in [0.25, 0.3) is 16.6 Å². The summed E-state index contributed by atoms with van der Waals surface area (Å²) in [5.74, 6) is 0.867. The smallest absolute Gasteiger partial charge is 0.153 e. The van der Waals surface area contributed by atoms with Crippen molar-refractivity contribution in [3.8, 4) is 0 Å². The quantitative estimate of drug-likeness (QED) is 0.580. The van der Waals surface area contributed by atoms with Crippen molar-refractivity contribution in [2.45, 2.75) is 39.2 Å². The molecule has 0 aliphatic rings. The fourth-order valence-corrected chi connectivity index (χ4v) is 2.99. The predicted octanol–water partition coefficient (Wildman–Crippen LogP) is 4.47. The van der Waals surface area contributed by atoms with E-state index in [-0.39, 0.29) is 5.54 Å². The Kier molecular flexibility index (Phi) is 4.07. The maximum absolute atomic E-state index is 4.76. The zero-order valence-corrected chi connectivity index (χ0v) is 15.4. The molecule has 5 nitrogen and oxygen atoms in total. The standard InChI is InChI=1S/C21H23N5/c1-4-21(2,3)24-19-9-10-20-23-14-17(26(20)25-19)13-15-7-8-18-16(12-15)6-5-11-22-18/h5-12,14H,4,13H2,1-3H3,(H,24,25). The number of imidazole rings is 1. The van der Waals surface area contributed by atoms with Crippen LogP contribution < -0.4 is 5.32 Å². The first-order valence-electron chi connectivity index (χ1n) is 8.99. The van der Waals surface area contributed by atoms with Gasteiger partial charge in [-0.1, -0.05) is 19.1 Å². The van der Waals surface area contributed by atoms with Crippen molar-refractivity contribution in [3.63, 3.8) is 0 Å². The van der Waals surface area contributed by atoms with Gasteiger partial charge in [0, 0.05) is 23.5 Å². The summed E-state index contributed by atoms with van der Waals surface area (Å²) in [5, 5.41) is 9.41. The molecule has 132 valence electrons. The Morgan fingerprint density at radius 1 is 1.08 bits per heavy atom. The fraction of sp³-hybridized carbons (Fsp3) is 0.286. The number of nitrogens with one attached hydrogen (secondary N) is 1. The zero-order chi connectivity index (χ0) is 18.1. The second kappa shape index (κ2) is 6.41. The summed E-state index contributed by atoms with van der Waals surface area (Å²) in [7, 11) is 0. The van der Waals surface area contributed by atoms with Gasteiger partial charge in [0.1, 0.15) is 5.82 Å². The van der Waals surface area contributed by atoms with E-state index in [1.54, 1.807) is 0 Å². The van der Waals surface area contributed by atoms with Crippen molar-refractivity contribution in [2.24, 2.45) is 0 Å². The number of rotatable bonds is 5. The fourth-order valence-electron chi connectivity index (χ4n) is 2.99. The van der Waals surface area contributed by atoms with E-state index < -0.39 is 0 Å². The maximum Gasteiger partial charge on any atom is 0.153 e. The van der Waals surface area contributed by atoms with Crippen LogP contribution in [0.2, 0.25) is 0 Å². The first kappa shape index (κ1) is 16.5. The van der Waals surface area contributed by atoms with Crippen molar-refractivity contribution in [1.82, 2.24) is 19.6 Å². The molecule has 0 aliphatic carbocycles. The minimum Gasteiger partial charge on any atom is -0.364 e. The lowest BCUT2D eigenvalue weighted by Gasteiger charge is -2.25. The van der Waals surface area contributed by atoms with Gasteiger partial charge < -0.3 is 5.32 Å². The van der Waals surface area contributed by atoms with Crippen LogP contribution in [0.4, 0.5) is 5.82 Å². The van der Waals surface area contributed by atoms with Crippen LogP contribution in [0.5, 0.6) is 0 Å². The summed E-state index contributed by atoms with van der Waals surface area (Å²) in [4.78, 5) is 8.88. The summed E-state index contributed by atoms with van der Waals surface area (Å²) in [6.07, 6.45) is 5.53. The molecular weight excluding hydrogens is 322 g/mol. The molecule has 0 saturated heterocycles. The summed E-state index contributed by atoms with van der Waals surface area (Å²) in [5.41, 5.74) is 4.18. The lowest BCUT2D eigenvalue weighted by atomic mass is 10.0. The minimum absolute atomic E-state index is 0.00671. The molecule has 0 spiro atoms. The molecule has 3 aromatic heterocycles. The van der Waals surface area contributed by atoms with Gasteiger partial charge in [-0.25, -0.2) is 9.50 Å². The number of nitrogens with zero attached hydrogens (tertiary/aromatic N) is 4. The first-order chi connectivity index (χ1) is 12.5. The minimum atomic E-state index is 0.00671. The van der Waals surface area contributed by atoms with E-state index in [1.807, 2.05) is 35.1 Å². The van der Waals surface area contributed by atoms with Gasteiger partial charge in [0.05, 0.1) is 17.4 Å². The Bertz CT molecular complexity index is 1060. The van der Waals surface area contributed by atoms with E-state index in [0.717, 1.165) is 40.9 Å². The molecule has 0 bridgehead atoms. The summed E-state index contributed by atoms with van der Waals surface area (Å²) >= 11 is 0. The maximum atomic E-state index is 4.76. The van der Waals surface area contributed by atoms with Gasteiger partial charge >= 0.3 is 0 Å². The molecule has 1 aromatic carbocycles. The largest absolute Gasteiger partial charge is 0.364 e. The Morgan fingerprint density at radius 2 is 1.96 bits per heavy atom. The van der Waals surface area contributed by atoms with Crippen LogP contribution in [0.1, 0.15) is 38.4 Å². The molecule has 0 saturated carbocycles. The molecule has 0 radical (unpaired) electrons. The zero-order valence-electron chi connectivity index (χ0n) is 15.4. The Balaban J connectivity index is 1.67. The highest BCUT2D eigenvalue weighted by atomic mass is 15.3. The predicted molar refractivity (Wildman–Crippen MR) is 106 cm³/mol. The summed E-state index contributed by atoms with van der Waals surface area (Å²) in [6.45, 7) is 6.52. The summed E-state index contributed by atoms with van der Waals surface area (Å²) in [6, 6.07) is 14.4. The van der Waals surface area contributed by atoms with E-state index in [9.17, 15) is 0 Å². The molecular formula is C21H23N5. The molecule has 0 atom stereocenters. The van der Waals surface area contributed by atoms with Crippen LogP contribution in [-0.2, 0) is 6.42 Å². The number of aromatic nitrogens is 4. The lowest BCUT2D eigenvalue weighted by molar-refractivity contribution is 0.543. The van der Waals surface area contributed by atoms with Gasteiger partial charge in [-0.3, -0.25) is 4.98 Å². The van der Waals surface area contributed by atoms with E-state index in [0.29, 0.717) is 0 Å². The average Bonchev–Trinajstić information content (AvgIpc) is 3.03. The highest BCUT2D eigenvalue weighted by Gasteiger charge is 2.16. The monoisotopic (exact) mass is 345 g/mol. The molecule has 4 aromatic rings. The Morgan fingerprint density at radius 3 is 2.81 bits per heavy atom. The number of benzene rings is 1. The second-order valence-corrected chi connectivity index (χ2v) is 7.31. The lowest BCUT2D eigenvalue weighted by Crippen LogP contribution is -2.30. The highest BCUT2D eigenvalue weighted by Crippen LogP contribution is 2.19. The molecule has 1 N–H and O–H groups in total. The topological polar surface area (TPSA) is 55.1 Å². The molecule has 3 heterocycles. The van der Waals surface area contributed by atoms with Crippen molar-refractivity contribution in [3.05, 3.63) is 66.1 Å². The van der Waals surface area contributed by atoms with Gasteiger partial charge in [0.25, 0.3) is 0 Å². The molecule has 0 amide bonds. The molecule has 0 aliphatic heterocycles. The Labute approximate surface area is 153 Å². The number of fused-ring (bicyclic) bond motifs is 2. The number of anilines is 1. The van der Waals surface area contributed by atoms with Crippen LogP contribution >= 0.6 is 0 Å². The van der Waals surface area contributed by atoms with Crippen molar-refractivity contribution < 1.29 is 0 Å². The van der Waals surface area contributed by atoms with Crippen molar-refractivity contribution >= 4 is 22.4 Å². The third-order valence-electron chi connectivity index (χ3n) is 4.84. The normalized spacial score (nSPS) is 12.0. The average molecular weight is 345 g/mol. The van der Waals surface area contributed by atoms with E-state index in [2.05, 4.69) is 60.3 Å². The van der Waals surface area contributed by atoms with E-state index in [1.165, 1.54) is 5.56 Å². The SMILES string of the molecule is CCC(C)(C)Nc1ccc2ncc(Cc3ccc4ncccc4c3)n2n1. The van der Waals surface area contributed by atoms with E-state index in [4.69, 9.17) is 5.10 Å². The van der Waals surface area contributed by atoms with Gasteiger partial charge in [0.15, 0.2) is 5.65 Å². The van der Waals surface area contributed by atoms with Crippen LogP contribution in [0, 0.1) is 0 Å². The van der Waals surface area contributed by atoms with Crippen molar-refractivity contribution in [2.75, 3.05) is 5.32 Å². The van der Waals surface area contributed by atoms with Gasteiger partial charge in [-0.2, -0.15) is 0 Å².